The zero-order chi connectivity index (χ0) is 14.5. The van der Waals surface area contributed by atoms with E-state index in [4.69, 9.17) is 4.74 Å². The summed E-state index contributed by atoms with van der Waals surface area (Å²) in [7, 11) is 1.61. The van der Waals surface area contributed by atoms with Crippen molar-refractivity contribution >= 4 is 0 Å². The molecule has 2 aromatic carbocycles. The molecule has 0 fully saturated rings. The van der Waals surface area contributed by atoms with E-state index in [0.717, 1.165) is 17.4 Å². The second-order valence-corrected chi connectivity index (χ2v) is 4.56. The van der Waals surface area contributed by atoms with E-state index < -0.39 is 11.6 Å². The molecule has 0 saturated carbocycles. The first-order valence-electron chi connectivity index (χ1n) is 6.42. The summed E-state index contributed by atoms with van der Waals surface area (Å²) in [6.07, 6.45) is 0. The van der Waals surface area contributed by atoms with Crippen LogP contribution in [-0.4, -0.2) is 7.11 Å². The van der Waals surface area contributed by atoms with Crippen LogP contribution in [0.25, 0.3) is 0 Å². The molecule has 20 heavy (non-hydrogen) atoms. The summed E-state index contributed by atoms with van der Waals surface area (Å²) in [5, 5.41) is 3.17. The van der Waals surface area contributed by atoms with Crippen molar-refractivity contribution in [2.45, 2.75) is 19.5 Å². The van der Waals surface area contributed by atoms with Crippen molar-refractivity contribution in [3.8, 4) is 5.75 Å². The Hall–Kier alpha value is -1.94. The molecule has 4 heteroatoms. The first kappa shape index (κ1) is 14.5. The Bertz CT molecular complexity index is 586. The number of rotatable bonds is 5. The van der Waals surface area contributed by atoms with Gasteiger partial charge >= 0.3 is 0 Å². The molecule has 0 spiro atoms. The van der Waals surface area contributed by atoms with Gasteiger partial charge in [0.05, 0.1) is 7.11 Å². The van der Waals surface area contributed by atoms with E-state index in [1.54, 1.807) is 13.2 Å². The number of para-hydroxylation sites is 1. The first-order chi connectivity index (χ1) is 9.63. The summed E-state index contributed by atoms with van der Waals surface area (Å²) in [5.41, 5.74) is 1.29. The van der Waals surface area contributed by atoms with Gasteiger partial charge in [0.1, 0.15) is 5.75 Å². The predicted octanol–water partition coefficient (Wildman–Crippen LogP) is 3.82. The van der Waals surface area contributed by atoms with Crippen LogP contribution in [0.5, 0.6) is 5.75 Å². The van der Waals surface area contributed by atoms with E-state index in [-0.39, 0.29) is 12.6 Å². The predicted molar refractivity (Wildman–Crippen MR) is 74.6 cm³/mol. The molecular weight excluding hydrogens is 260 g/mol. The van der Waals surface area contributed by atoms with Gasteiger partial charge in [-0.3, -0.25) is 0 Å². The van der Waals surface area contributed by atoms with Crippen molar-refractivity contribution in [2.75, 3.05) is 7.11 Å². The monoisotopic (exact) mass is 277 g/mol. The zero-order valence-electron chi connectivity index (χ0n) is 11.5. The molecule has 0 unspecified atom stereocenters. The Kier molecular flexibility index (Phi) is 4.69. The lowest BCUT2D eigenvalue weighted by molar-refractivity contribution is 0.401. The number of halogens is 2. The van der Waals surface area contributed by atoms with Gasteiger partial charge in [0, 0.05) is 23.7 Å². The Morgan fingerprint density at radius 1 is 1.10 bits per heavy atom. The maximum atomic E-state index is 13.6. The maximum Gasteiger partial charge on any atom is 0.163 e. The normalized spacial score (nSPS) is 12.2. The molecule has 0 radical (unpaired) electrons. The van der Waals surface area contributed by atoms with Crippen LogP contribution in [-0.2, 0) is 6.54 Å². The Labute approximate surface area is 117 Å². The molecule has 106 valence electrons. The van der Waals surface area contributed by atoms with Gasteiger partial charge in [-0.15, -0.1) is 0 Å². The molecular formula is C16H17F2NO. The average Bonchev–Trinajstić information content (AvgIpc) is 2.48. The SMILES string of the molecule is COc1ccccc1[C@H](C)NCc1cccc(F)c1F. The molecule has 2 nitrogen and oxygen atoms in total. The third kappa shape index (κ3) is 3.14. The lowest BCUT2D eigenvalue weighted by Gasteiger charge is -2.17. The summed E-state index contributed by atoms with van der Waals surface area (Å²) in [5.74, 6) is -0.853. The van der Waals surface area contributed by atoms with Crippen molar-refractivity contribution in [3.05, 3.63) is 65.2 Å². The summed E-state index contributed by atoms with van der Waals surface area (Å²) < 4.78 is 32.0. The summed E-state index contributed by atoms with van der Waals surface area (Å²) in [6.45, 7) is 2.21. The van der Waals surface area contributed by atoms with E-state index >= 15 is 0 Å². The Balaban J connectivity index is 2.09. The van der Waals surface area contributed by atoms with E-state index in [1.165, 1.54) is 6.07 Å². The van der Waals surface area contributed by atoms with Gasteiger partial charge in [-0.2, -0.15) is 0 Å². The van der Waals surface area contributed by atoms with Crippen LogP contribution in [0.4, 0.5) is 8.78 Å². The lowest BCUT2D eigenvalue weighted by Crippen LogP contribution is -2.19. The van der Waals surface area contributed by atoms with E-state index in [1.807, 2.05) is 31.2 Å². The van der Waals surface area contributed by atoms with Crippen LogP contribution < -0.4 is 10.1 Å². The van der Waals surface area contributed by atoms with Crippen LogP contribution in [0.1, 0.15) is 24.1 Å². The van der Waals surface area contributed by atoms with E-state index in [2.05, 4.69) is 5.32 Å². The molecule has 0 aromatic heterocycles. The fraction of sp³-hybridized carbons (Fsp3) is 0.250. The van der Waals surface area contributed by atoms with Crippen molar-refractivity contribution in [1.29, 1.82) is 0 Å². The smallest absolute Gasteiger partial charge is 0.163 e. The largest absolute Gasteiger partial charge is 0.496 e. The molecule has 0 amide bonds. The number of ether oxygens (including phenoxy) is 1. The van der Waals surface area contributed by atoms with Gasteiger partial charge in [-0.1, -0.05) is 30.3 Å². The van der Waals surface area contributed by atoms with Gasteiger partial charge in [0.25, 0.3) is 0 Å². The number of hydrogen-bond donors (Lipinski definition) is 1. The minimum atomic E-state index is -0.825. The van der Waals surface area contributed by atoms with Crippen LogP contribution >= 0.6 is 0 Å². The molecule has 0 saturated heterocycles. The molecule has 0 aliphatic rings. The zero-order valence-corrected chi connectivity index (χ0v) is 11.5. The molecule has 0 bridgehead atoms. The molecule has 1 atom stereocenters. The quantitative estimate of drug-likeness (QED) is 0.897. The van der Waals surface area contributed by atoms with Crippen LogP contribution in [0, 0.1) is 11.6 Å². The third-order valence-electron chi connectivity index (χ3n) is 3.24. The Morgan fingerprint density at radius 3 is 2.60 bits per heavy atom. The minimum absolute atomic E-state index is 0.0335. The molecule has 1 N–H and O–H groups in total. The number of benzene rings is 2. The molecule has 0 heterocycles. The van der Waals surface area contributed by atoms with Crippen LogP contribution in [0.3, 0.4) is 0 Å². The van der Waals surface area contributed by atoms with Gasteiger partial charge in [-0.05, 0) is 19.1 Å². The fourth-order valence-corrected chi connectivity index (χ4v) is 2.08. The van der Waals surface area contributed by atoms with E-state index in [0.29, 0.717) is 5.56 Å². The number of methoxy groups -OCH3 is 1. The van der Waals surface area contributed by atoms with Gasteiger partial charge in [-0.25, -0.2) is 8.78 Å². The standard InChI is InChI=1S/C16H17F2NO/c1-11(13-7-3-4-9-15(13)20-2)19-10-12-6-5-8-14(17)16(12)18/h3-9,11,19H,10H2,1-2H3/t11-/m0/s1. The highest BCUT2D eigenvalue weighted by molar-refractivity contribution is 5.35. The molecule has 0 aliphatic carbocycles. The summed E-state index contributed by atoms with van der Waals surface area (Å²) in [6, 6.07) is 11.8. The second-order valence-electron chi connectivity index (χ2n) is 4.56. The highest BCUT2D eigenvalue weighted by Crippen LogP contribution is 2.24. The summed E-state index contributed by atoms with van der Waals surface area (Å²) >= 11 is 0. The Morgan fingerprint density at radius 2 is 1.85 bits per heavy atom. The molecule has 2 rings (SSSR count). The maximum absolute atomic E-state index is 13.6. The number of nitrogens with one attached hydrogen (secondary N) is 1. The highest BCUT2D eigenvalue weighted by Gasteiger charge is 2.12. The minimum Gasteiger partial charge on any atom is -0.496 e. The van der Waals surface area contributed by atoms with Crippen LogP contribution in [0.2, 0.25) is 0 Å². The van der Waals surface area contributed by atoms with Crippen molar-refractivity contribution < 1.29 is 13.5 Å². The first-order valence-corrected chi connectivity index (χ1v) is 6.42. The van der Waals surface area contributed by atoms with Gasteiger partial charge in [0.15, 0.2) is 11.6 Å². The van der Waals surface area contributed by atoms with E-state index in [9.17, 15) is 8.78 Å². The lowest BCUT2D eigenvalue weighted by atomic mass is 10.1. The molecule has 0 aliphatic heterocycles. The topological polar surface area (TPSA) is 21.3 Å². The average molecular weight is 277 g/mol. The fourth-order valence-electron chi connectivity index (χ4n) is 2.08. The van der Waals surface area contributed by atoms with Gasteiger partial charge in [0.2, 0.25) is 0 Å². The highest BCUT2D eigenvalue weighted by atomic mass is 19.2. The van der Waals surface area contributed by atoms with Crippen molar-refractivity contribution in [2.24, 2.45) is 0 Å². The van der Waals surface area contributed by atoms with Crippen molar-refractivity contribution in [3.63, 3.8) is 0 Å². The summed E-state index contributed by atoms with van der Waals surface area (Å²) in [4.78, 5) is 0. The van der Waals surface area contributed by atoms with Gasteiger partial charge < -0.3 is 10.1 Å². The third-order valence-corrected chi connectivity index (χ3v) is 3.24. The van der Waals surface area contributed by atoms with Crippen molar-refractivity contribution in [1.82, 2.24) is 5.32 Å². The number of hydrogen-bond acceptors (Lipinski definition) is 2. The molecule has 2 aromatic rings. The second kappa shape index (κ2) is 6.48. The van der Waals surface area contributed by atoms with Crippen LogP contribution in [0.15, 0.2) is 42.5 Å².